The minimum absolute atomic E-state index is 0.114. The molecule has 1 heterocycles. The van der Waals surface area contributed by atoms with Crippen molar-refractivity contribution in [3.05, 3.63) is 60.2 Å². The summed E-state index contributed by atoms with van der Waals surface area (Å²) in [5.74, 6) is 1.76. The minimum Gasteiger partial charge on any atom is -0.457 e. The van der Waals surface area contributed by atoms with Gasteiger partial charge in [0.15, 0.2) is 12.2 Å². The third-order valence-electron chi connectivity index (χ3n) is 6.54. The lowest BCUT2D eigenvalue weighted by molar-refractivity contribution is -0.00450. The topological polar surface area (TPSA) is 100 Å². The van der Waals surface area contributed by atoms with E-state index in [2.05, 4.69) is 19.2 Å². The highest BCUT2D eigenvalue weighted by molar-refractivity contribution is 5.94. The number of unbranched alkanes of at least 4 members (excludes halogenated alkanes) is 3. The number of aliphatic hydroxyl groups is 1. The number of nitrogens with two attached hydrogens (primary N) is 1. The highest BCUT2D eigenvalue weighted by Crippen LogP contribution is 2.36. The van der Waals surface area contributed by atoms with E-state index < -0.39 is 11.8 Å². The summed E-state index contributed by atoms with van der Waals surface area (Å²) >= 11 is 0. The number of ether oxygens (including phenoxy) is 1. The smallest absolute Gasteiger partial charge is 0.251 e. The van der Waals surface area contributed by atoms with Crippen LogP contribution in [0.3, 0.4) is 0 Å². The zero-order valence-electron chi connectivity index (χ0n) is 21.1. The zero-order chi connectivity index (χ0) is 25.1. The summed E-state index contributed by atoms with van der Waals surface area (Å²) in [6.45, 7) is 5.48. The fourth-order valence-electron chi connectivity index (χ4n) is 4.47. The first-order chi connectivity index (χ1) is 17.0. The van der Waals surface area contributed by atoms with Crippen molar-refractivity contribution in [1.82, 2.24) is 10.2 Å². The number of benzene rings is 2. The molecule has 3 rings (SSSR count). The van der Waals surface area contributed by atoms with Gasteiger partial charge in [-0.05, 0) is 62.1 Å². The van der Waals surface area contributed by atoms with Crippen molar-refractivity contribution < 1.29 is 14.6 Å². The van der Waals surface area contributed by atoms with Gasteiger partial charge in [-0.15, -0.1) is 0 Å². The normalized spacial score (nSPS) is 16.7. The molecule has 0 aromatic heterocycles. The number of carbonyl (C=O) groups excluding carboxylic acids is 1. The fraction of sp³-hybridized carbons (Fsp3) is 0.500. The van der Waals surface area contributed by atoms with Gasteiger partial charge in [0.25, 0.3) is 5.91 Å². The lowest BCUT2D eigenvalue weighted by atomic mass is 9.86. The van der Waals surface area contributed by atoms with Crippen LogP contribution in [0.15, 0.2) is 59.6 Å². The van der Waals surface area contributed by atoms with E-state index in [1.807, 2.05) is 35.2 Å². The fourth-order valence-corrected chi connectivity index (χ4v) is 4.47. The number of aliphatic imine (C=N–C) groups is 1. The van der Waals surface area contributed by atoms with Gasteiger partial charge >= 0.3 is 0 Å². The minimum atomic E-state index is -0.674. The Balaban J connectivity index is 1.42. The molecule has 1 amide bonds. The molecule has 1 aliphatic heterocycles. The molecule has 35 heavy (non-hydrogen) atoms. The van der Waals surface area contributed by atoms with Gasteiger partial charge in [-0.2, -0.15) is 0 Å². The molecule has 190 valence electrons. The Morgan fingerprint density at radius 1 is 1.00 bits per heavy atom. The number of para-hydroxylation sites is 1. The monoisotopic (exact) mass is 480 g/mol. The Labute approximate surface area is 209 Å². The molecule has 1 aliphatic rings. The van der Waals surface area contributed by atoms with Crippen molar-refractivity contribution in [2.24, 2.45) is 10.7 Å². The first-order valence-electron chi connectivity index (χ1n) is 12.9. The molecule has 2 aromatic rings. The van der Waals surface area contributed by atoms with Gasteiger partial charge in [-0.1, -0.05) is 57.7 Å². The summed E-state index contributed by atoms with van der Waals surface area (Å²) in [5, 5.41) is 14.0. The Kier molecular flexibility index (Phi) is 9.97. The van der Waals surface area contributed by atoms with Crippen LogP contribution in [0.1, 0.15) is 75.6 Å². The molecule has 1 unspecified atom stereocenters. The van der Waals surface area contributed by atoms with Crippen LogP contribution < -0.4 is 15.8 Å². The van der Waals surface area contributed by atoms with Gasteiger partial charge in [-0.3, -0.25) is 4.79 Å². The van der Waals surface area contributed by atoms with Crippen LogP contribution >= 0.6 is 0 Å². The molecule has 0 saturated heterocycles. The van der Waals surface area contributed by atoms with Crippen molar-refractivity contribution in [1.29, 1.82) is 0 Å². The molecule has 0 aliphatic carbocycles. The summed E-state index contributed by atoms with van der Waals surface area (Å²) in [7, 11) is 0. The zero-order valence-corrected chi connectivity index (χ0v) is 21.1. The number of carbonyl (C=O) groups is 1. The second-order valence-electron chi connectivity index (χ2n) is 9.25. The summed E-state index contributed by atoms with van der Waals surface area (Å²) in [6, 6.07) is 16.6. The maximum atomic E-state index is 12.5. The van der Waals surface area contributed by atoms with Crippen LogP contribution in [0.4, 0.5) is 0 Å². The van der Waals surface area contributed by atoms with Crippen molar-refractivity contribution in [2.45, 2.75) is 77.0 Å². The van der Waals surface area contributed by atoms with Crippen molar-refractivity contribution in [2.75, 3.05) is 13.1 Å². The van der Waals surface area contributed by atoms with E-state index in [4.69, 9.17) is 15.5 Å². The van der Waals surface area contributed by atoms with Crippen LogP contribution in [0, 0.1) is 0 Å². The standard InChI is InChI=1S/C28H40N4O3/c1-3-5-18-28(19-6-4-2)26(34)32(27(29)31-28)21-11-10-20-30-25(33)22-14-16-24(17-15-22)35-23-12-8-7-9-13-23/h7-9,12-17,26,34H,3-6,10-11,18-21H2,1-2H3,(H2,29,31)(H,30,33). The Bertz CT molecular complexity index is 938. The van der Waals surface area contributed by atoms with E-state index in [1.54, 1.807) is 24.3 Å². The van der Waals surface area contributed by atoms with Gasteiger partial charge in [0, 0.05) is 18.7 Å². The van der Waals surface area contributed by atoms with E-state index in [1.165, 1.54) is 0 Å². The van der Waals surface area contributed by atoms with E-state index in [9.17, 15) is 9.90 Å². The molecule has 4 N–H and O–H groups in total. The van der Waals surface area contributed by atoms with Gasteiger partial charge < -0.3 is 25.8 Å². The average molecular weight is 481 g/mol. The molecular weight excluding hydrogens is 440 g/mol. The third-order valence-corrected chi connectivity index (χ3v) is 6.54. The largest absolute Gasteiger partial charge is 0.457 e. The number of aliphatic hydroxyl groups excluding tert-OH is 1. The van der Waals surface area contributed by atoms with Gasteiger partial charge in [0.1, 0.15) is 17.0 Å². The van der Waals surface area contributed by atoms with E-state index >= 15 is 0 Å². The molecule has 0 bridgehead atoms. The number of hydrogen-bond acceptors (Lipinski definition) is 6. The van der Waals surface area contributed by atoms with Gasteiger partial charge in [0.2, 0.25) is 0 Å². The summed E-state index contributed by atoms with van der Waals surface area (Å²) in [5.41, 5.74) is 6.33. The van der Waals surface area contributed by atoms with Gasteiger partial charge in [-0.25, -0.2) is 4.99 Å². The highest BCUT2D eigenvalue weighted by Gasteiger charge is 2.45. The number of nitrogens with one attached hydrogen (secondary N) is 1. The predicted molar refractivity (Wildman–Crippen MR) is 141 cm³/mol. The lowest BCUT2D eigenvalue weighted by Crippen LogP contribution is -2.48. The number of rotatable bonds is 14. The second kappa shape index (κ2) is 13.1. The maximum Gasteiger partial charge on any atom is 0.251 e. The molecule has 0 radical (unpaired) electrons. The molecule has 2 aromatic carbocycles. The summed E-state index contributed by atoms with van der Waals surface area (Å²) in [6.07, 6.45) is 6.81. The Morgan fingerprint density at radius 3 is 2.26 bits per heavy atom. The second-order valence-corrected chi connectivity index (χ2v) is 9.25. The first-order valence-corrected chi connectivity index (χ1v) is 12.9. The number of hydrogen-bond donors (Lipinski definition) is 3. The third kappa shape index (κ3) is 7.21. The predicted octanol–water partition coefficient (Wildman–Crippen LogP) is 5.06. The van der Waals surface area contributed by atoms with E-state index in [-0.39, 0.29) is 5.91 Å². The molecular formula is C28H40N4O3. The molecule has 0 saturated carbocycles. The molecule has 7 heteroatoms. The van der Waals surface area contributed by atoms with Gasteiger partial charge in [0.05, 0.1) is 0 Å². The van der Waals surface area contributed by atoms with E-state index in [0.717, 1.165) is 57.1 Å². The molecule has 7 nitrogen and oxygen atoms in total. The van der Waals surface area contributed by atoms with Crippen LogP contribution in [0.25, 0.3) is 0 Å². The maximum absolute atomic E-state index is 12.5. The quantitative estimate of drug-likeness (QED) is 0.328. The summed E-state index contributed by atoms with van der Waals surface area (Å²) in [4.78, 5) is 19.1. The Hall–Kier alpha value is -3.06. The average Bonchev–Trinajstić information content (AvgIpc) is 3.11. The van der Waals surface area contributed by atoms with Crippen LogP contribution in [-0.2, 0) is 0 Å². The Morgan fingerprint density at radius 2 is 1.63 bits per heavy atom. The van der Waals surface area contributed by atoms with Crippen molar-refractivity contribution >= 4 is 11.9 Å². The van der Waals surface area contributed by atoms with Crippen molar-refractivity contribution in [3.63, 3.8) is 0 Å². The number of guanidine groups is 1. The first kappa shape index (κ1) is 26.5. The SMILES string of the molecule is CCCCC1(CCCC)N=C(N)N(CCCCNC(=O)c2ccc(Oc3ccccc3)cc2)C1O. The van der Waals surface area contributed by atoms with Crippen LogP contribution in [-0.4, -0.2) is 46.7 Å². The van der Waals surface area contributed by atoms with Crippen molar-refractivity contribution in [3.8, 4) is 11.5 Å². The molecule has 0 fully saturated rings. The molecule has 1 atom stereocenters. The van der Waals surface area contributed by atoms with Crippen LogP contribution in [0.5, 0.6) is 11.5 Å². The highest BCUT2D eigenvalue weighted by atomic mass is 16.5. The van der Waals surface area contributed by atoms with Crippen LogP contribution in [0.2, 0.25) is 0 Å². The number of nitrogens with zero attached hydrogens (tertiary/aromatic N) is 2. The van der Waals surface area contributed by atoms with E-state index in [0.29, 0.717) is 30.4 Å². The summed E-state index contributed by atoms with van der Waals surface area (Å²) < 4.78 is 5.77. The molecule has 0 spiro atoms. The number of amides is 1. The lowest BCUT2D eigenvalue weighted by Gasteiger charge is -2.34.